The lowest BCUT2D eigenvalue weighted by Crippen LogP contribution is -2.40. The second-order valence-electron chi connectivity index (χ2n) is 3.95. The smallest absolute Gasteiger partial charge is 0.243 e. The zero-order chi connectivity index (χ0) is 14.0. The zero-order valence-electron chi connectivity index (χ0n) is 9.84. The molecule has 8 heteroatoms. The molecule has 0 unspecified atom stereocenters. The van der Waals surface area contributed by atoms with Crippen LogP contribution in [0.3, 0.4) is 0 Å². The van der Waals surface area contributed by atoms with Crippen LogP contribution >= 0.6 is 11.6 Å². The van der Waals surface area contributed by atoms with Gasteiger partial charge in [-0.1, -0.05) is 11.6 Å². The van der Waals surface area contributed by atoms with Gasteiger partial charge in [-0.2, -0.15) is 4.31 Å². The minimum atomic E-state index is -3.73. The molecule has 0 atom stereocenters. The van der Waals surface area contributed by atoms with Gasteiger partial charge in [-0.15, -0.1) is 0 Å². The minimum Gasteiger partial charge on any atom is -0.545 e. The average Bonchev–Trinajstić information content (AvgIpc) is 2.39. The molecule has 0 spiro atoms. The van der Waals surface area contributed by atoms with Crippen LogP contribution in [-0.2, 0) is 14.8 Å². The van der Waals surface area contributed by atoms with Crippen LogP contribution in [0.4, 0.5) is 0 Å². The number of hydrogen-bond donors (Lipinski definition) is 0. The quantitative estimate of drug-likeness (QED) is 0.767. The fourth-order valence-electron chi connectivity index (χ4n) is 1.76. The maximum atomic E-state index is 12.3. The summed E-state index contributed by atoms with van der Waals surface area (Å²) in [6, 6.07) is 3.53. The number of carbonyl (C=O) groups is 1. The summed E-state index contributed by atoms with van der Waals surface area (Å²) in [4.78, 5) is 10.7. The molecule has 1 fully saturated rings. The van der Waals surface area contributed by atoms with E-state index in [1.165, 1.54) is 16.4 Å². The van der Waals surface area contributed by atoms with Crippen molar-refractivity contribution in [3.05, 3.63) is 28.8 Å². The van der Waals surface area contributed by atoms with Gasteiger partial charge >= 0.3 is 0 Å². The van der Waals surface area contributed by atoms with E-state index in [0.29, 0.717) is 13.2 Å². The van der Waals surface area contributed by atoms with Crippen LogP contribution in [0.5, 0.6) is 0 Å². The Morgan fingerprint density at radius 1 is 1.32 bits per heavy atom. The lowest BCUT2D eigenvalue weighted by Gasteiger charge is -2.26. The summed E-state index contributed by atoms with van der Waals surface area (Å²) in [5.41, 5.74) is -0.337. The van der Waals surface area contributed by atoms with E-state index in [4.69, 9.17) is 16.3 Å². The van der Waals surface area contributed by atoms with Crippen molar-refractivity contribution in [1.29, 1.82) is 0 Å². The van der Waals surface area contributed by atoms with Crippen molar-refractivity contribution in [2.24, 2.45) is 0 Å². The van der Waals surface area contributed by atoms with E-state index in [-0.39, 0.29) is 28.6 Å². The number of ether oxygens (including phenoxy) is 1. The minimum absolute atomic E-state index is 0.0547. The molecule has 19 heavy (non-hydrogen) atoms. The number of halogens is 1. The Morgan fingerprint density at radius 2 is 1.95 bits per heavy atom. The van der Waals surface area contributed by atoms with Crippen molar-refractivity contribution < 1.29 is 23.1 Å². The molecular weight excluding hydrogens is 294 g/mol. The van der Waals surface area contributed by atoms with E-state index >= 15 is 0 Å². The zero-order valence-corrected chi connectivity index (χ0v) is 11.4. The van der Waals surface area contributed by atoms with Gasteiger partial charge in [0.15, 0.2) is 0 Å². The number of hydrogen-bond acceptors (Lipinski definition) is 5. The molecule has 104 valence electrons. The molecule has 1 saturated heterocycles. The van der Waals surface area contributed by atoms with Crippen LogP contribution in [-0.4, -0.2) is 45.0 Å². The first-order valence-electron chi connectivity index (χ1n) is 5.52. The van der Waals surface area contributed by atoms with E-state index in [9.17, 15) is 18.3 Å². The van der Waals surface area contributed by atoms with E-state index in [2.05, 4.69) is 0 Å². The van der Waals surface area contributed by atoms with Gasteiger partial charge in [-0.05, 0) is 18.2 Å². The van der Waals surface area contributed by atoms with Crippen LogP contribution in [0, 0.1) is 0 Å². The van der Waals surface area contributed by atoms with E-state index < -0.39 is 16.0 Å². The van der Waals surface area contributed by atoms with Gasteiger partial charge in [0.1, 0.15) is 0 Å². The number of carboxylic acid groups (broad SMARTS) is 1. The molecular formula is C11H11ClNO5S-. The molecule has 1 heterocycles. The lowest BCUT2D eigenvalue weighted by molar-refractivity contribution is -0.255. The van der Waals surface area contributed by atoms with Gasteiger partial charge in [0.2, 0.25) is 10.0 Å². The molecule has 0 saturated carbocycles. The molecule has 1 aliphatic rings. The molecule has 1 aliphatic heterocycles. The lowest BCUT2D eigenvalue weighted by atomic mass is 10.2. The number of carbonyl (C=O) groups excluding carboxylic acids is 1. The summed E-state index contributed by atoms with van der Waals surface area (Å²) in [5.74, 6) is -1.51. The van der Waals surface area contributed by atoms with Crippen LogP contribution < -0.4 is 5.11 Å². The molecule has 6 nitrogen and oxygen atoms in total. The second-order valence-corrected chi connectivity index (χ2v) is 6.29. The normalized spacial score (nSPS) is 17.3. The number of morpholine rings is 1. The van der Waals surface area contributed by atoms with E-state index in [1.807, 2.05) is 0 Å². The fourth-order valence-corrected chi connectivity index (χ4v) is 3.39. The number of carboxylic acids is 1. The summed E-state index contributed by atoms with van der Waals surface area (Å²) in [7, 11) is -3.73. The fraction of sp³-hybridized carbons (Fsp3) is 0.364. The summed E-state index contributed by atoms with van der Waals surface area (Å²) in [6.07, 6.45) is 0. The van der Waals surface area contributed by atoms with Gasteiger partial charge in [0, 0.05) is 23.7 Å². The number of benzene rings is 1. The van der Waals surface area contributed by atoms with Crippen molar-refractivity contribution in [2.75, 3.05) is 26.3 Å². The Hall–Kier alpha value is -1.15. The van der Waals surface area contributed by atoms with Gasteiger partial charge < -0.3 is 14.6 Å². The molecule has 0 bridgehead atoms. The van der Waals surface area contributed by atoms with Crippen LogP contribution in [0.1, 0.15) is 10.4 Å². The Morgan fingerprint density at radius 3 is 2.53 bits per heavy atom. The third-order valence-corrected chi connectivity index (χ3v) is 4.99. The maximum Gasteiger partial charge on any atom is 0.243 e. The van der Waals surface area contributed by atoms with Crippen molar-refractivity contribution in [3.63, 3.8) is 0 Å². The molecule has 0 aliphatic carbocycles. The standard InChI is InChI=1S/C11H12ClNO5S/c12-10-2-1-8(7-9(10)11(14)15)19(16,17)13-3-5-18-6-4-13/h1-2,7H,3-6H2,(H,14,15)/p-1. The first-order chi connectivity index (χ1) is 8.93. The van der Waals surface area contributed by atoms with Crippen LogP contribution in [0.2, 0.25) is 5.02 Å². The van der Waals surface area contributed by atoms with Crippen LogP contribution in [0.15, 0.2) is 23.1 Å². The predicted molar refractivity (Wildman–Crippen MR) is 65.4 cm³/mol. The first-order valence-corrected chi connectivity index (χ1v) is 7.33. The highest BCUT2D eigenvalue weighted by atomic mass is 35.5. The highest BCUT2D eigenvalue weighted by Crippen LogP contribution is 2.23. The van der Waals surface area contributed by atoms with Gasteiger partial charge in [0.25, 0.3) is 0 Å². The SMILES string of the molecule is O=C([O-])c1cc(S(=O)(=O)N2CCOCC2)ccc1Cl. The largest absolute Gasteiger partial charge is 0.545 e. The summed E-state index contributed by atoms with van der Waals surface area (Å²) in [5, 5.41) is 10.8. The topological polar surface area (TPSA) is 86.7 Å². The summed E-state index contributed by atoms with van der Waals surface area (Å²) < 4.78 is 30.9. The summed E-state index contributed by atoms with van der Waals surface area (Å²) >= 11 is 5.68. The Labute approximate surface area is 115 Å². The van der Waals surface area contributed by atoms with Crippen molar-refractivity contribution in [3.8, 4) is 0 Å². The van der Waals surface area contributed by atoms with Gasteiger partial charge in [-0.25, -0.2) is 8.42 Å². The van der Waals surface area contributed by atoms with Crippen molar-refractivity contribution >= 4 is 27.6 Å². The molecule has 0 aromatic heterocycles. The van der Waals surface area contributed by atoms with Gasteiger partial charge in [-0.3, -0.25) is 0 Å². The van der Waals surface area contributed by atoms with Crippen LogP contribution in [0.25, 0.3) is 0 Å². The number of rotatable bonds is 3. The second kappa shape index (κ2) is 5.46. The predicted octanol–water partition coefficient (Wildman–Crippen LogP) is -0.276. The Kier molecular flexibility index (Phi) is 4.10. The molecule has 0 amide bonds. The van der Waals surface area contributed by atoms with Crippen molar-refractivity contribution in [2.45, 2.75) is 4.90 Å². The van der Waals surface area contributed by atoms with Gasteiger partial charge in [0.05, 0.1) is 24.1 Å². The molecule has 0 radical (unpaired) electrons. The molecule has 1 aromatic carbocycles. The number of sulfonamides is 1. The molecule has 1 aromatic rings. The Balaban J connectivity index is 2.40. The highest BCUT2D eigenvalue weighted by molar-refractivity contribution is 7.89. The maximum absolute atomic E-state index is 12.3. The molecule has 0 N–H and O–H groups in total. The van der Waals surface area contributed by atoms with Crippen molar-refractivity contribution in [1.82, 2.24) is 4.31 Å². The highest BCUT2D eigenvalue weighted by Gasteiger charge is 2.26. The number of aromatic carboxylic acids is 1. The summed E-state index contributed by atoms with van der Waals surface area (Å²) in [6.45, 7) is 1.12. The monoisotopic (exact) mass is 304 g/mol. The average molecular weight is 305 g/mol. The molecule has 2 rings (SSSR count). The van der Waals surface area contributed by atoms with E-state index in [0.717, 1.165) is 6.07 Å². The first kappa shape index (κ1) is 14.3. The third-order valence-electron chi connectivity index (χ3n) is 2.77. The third kappa shape index (κ3) is 2.89. The number of nitrogens with zero attached hydrogens (tertiary/aromatic N) is 1. The Bertz CT molecular complexity index is 595. The van der Waals surface area contributed by atoms with E-state index in [1.54, 1.807) is 0 Å².